The summed E-state index contributed by atoms with van der Waals surface area (Å²) in [6.07, 6.45) is 1.90. The van der Waals surface area contributed by atoms with Gasteiger partial charge in [-0.1, -0.05) is 34.3 Å². The molecule has 3 aromatic rings. The predicted octanol–water partition coefficient (Wildman–Crippen LogP) is 2.95. The number of thiophene rings is 1. The van der Waals surface area contributed by atoms with E-state index in [1.165, 1.54) is 22.7 Å². The van der Waals surface area contributed by atoms with Crippen LogP contribution in [0.25, 0.3) is 15.6 Å². The Morgan fingerprint density at radius 3 is 2.67 bits per heavy atom. The van der Waals surface area contributed by atoms with Crippen molar-refractivity contribution in [3.8, 4) is 5.88 Å². The van der Waals surface area contributed by atoms with Crippen LogP contribution in [0.5, 0.6) is 5.88 Å². The van der Waals surface area contributed by atoms with Crippen LogP contribution in [0.2, 0.25) is 4.34 Å². The molecule has 0 fully saturated rings. The number of thiazole rings is 1. The van der Waals surface area contributed by atoms with Crippen molar-refractivity contribution in [2.45, 2.75) is 19.9 Å². The smallest absolute Gasteiger partial charge is 0.281 e. The van der Waals surface area contributed by atoms with Crippen molar-refractivity contribution in [2.24, 2.45) is 7.05 Å². The third kappa shape index (κ3) is 6.06. The van der Waals surface area contributed by atoms with Crippen molar-refractivity contribution in [3.05, 3.63) is 32.0 Å². The van der Waals surface area contributed by atoms with Crippen molar-refractivity contribution in [1.82, 2.24) is 9.29 Å². The molecule has 0 radical (unpaired) electrons. The molecule has 196 valence electrons. The molecule has 1 amide bonds. The molecule has 17 heteroatoms. The number of hydrogen-bond acceptors (Lipinski definition) is 9. The maximum absolute atomic E-state index is 12.3. The summed E-state index contributed by atoms with van der Waals surface area (Å²) >= 11 is 12.3. The fourth-order valence-corrected chi connectivity index (χ4v) is 8.13. The fraction of sp³-hybridized carbons (Fsp3) is 0.368. The minimum absolute atomic E-state index is 0.0554. The van der Waals surface area contributed by atoms with Crippen LogP contribution in [0, 0.1) is 0 Å². The number of ether oxygens (including phenoxy) is 1. The van der Waals surface area contributed by atoms with Gasteiger partial charge in [-0.2, -0.15) is 13.0 Å². The van der Waals surface area contributed by atoms with E-state index in [0.29, 0.717) is 26.8 Å². The molecule has 1 aliphatic heterocycles. The van der Waals surface area contributed by atoms with E-state index >= 15 is 0 Å². The average molecular weight is 661 g/mol. The predicted molar refractivity (Wildman–Crippen MR) is 143 cm³/mol. The minimum Gasteiger partial charge on any atom is -0.422 e. The van der Waals surface area contributed by atoms with Crippen molar-refractivity contribution in [2.75, 3.05) is 23.0 Å². The van der Waals surface area contributed by atoms with Crippen molar-refractivity contribution in [3.63, 3.8) is 0 Å². The van der Waals surface area contributed by atoms with Crippen LogP contribution in [-0.4, -0.2) is 49.9 Å². The van der Waals surface area contributed by atoms with Gasteiger partial charge in [0.15, 0.2) is 6.54 Å². The van der Waals surface area contributed by atoms with Crippen LogP contribution < -0.4 is 18.9 Å². The maximum atomic E-state index is 12.3. The number of amides is 1. The lowest BCUT2D eigenvalue weighted by Gasteiger charge is -2.17. The number of sulfonamides is 1. The lowest BCUT2D eigenvalue weighted by molar-refractivity contribution is -0.662. The van der Waals surface area contributed by atoms with E-state index in [9.17, 15) is 21.6 Å². The lowest BCUT2D eigenvalue weighted by atomic mass is 10.3. The van der Waals surface area contributed by atoms with E-state index in [1.807, 2.05) is 10.8 Å². The summed E-state index contributed by atoms with van der Waals surface area (Å²) in [5.41, 5.74) is 0.715. The topological polar surface area (TPSA) is 139 Å². The van der Waals surface area contributed by atoms with Gasteiger partial charge in [0.25, 0.3) is 20.0 Å². The Morgan fingerprint density at radius 1 is 1.28 bits per heavy atom. The Balaban J connectivity index is 1.71. The van der Waals surface area contributed by atoms with E-state index in [1.54, 1.807) is 33.2 Å². The molecule has 3 aromatic heterocycles. The molecule has 0 saturated carbocycles. The van der Waals surface area contributed by atoms with E-state index < -0.39 is 31.8 Å². The van der Waals surface area contributed by atoms with Crippen molar-refractivity contribution < 1.29 is 35.5 Å². The number of aryl methyl sites for hydroxylation is 1. The van der Waals surface area contributed by atoms with Gasteiger partial charge in [0, 0.05) is 20.5 Å². The first-order chi connectivity index (χ1) is 16.7. The van der Waals surface area contributed by atoms with Gasteiger partial charge < -0.3 is 14.2 Å². The van der Waals surface area contributed by atoms with Gasteiger partial charge in [0.2, 0.25) is 27.7 Å². The molecule has 0 aliphatic carbocycles. The Hall–Kier alpha value is -1.69. The summed E-state index contributed by atoms with van der Waals surface area (Å²) in [6.45, 7) is 1.43. The molecule has 0 aromatic carbocycles. The molecule has 0 bridgehead atoms. The van der Waals surface area contributed by atoms with E-state index in [2.05, 4.69) is 15.9 Å². The van der Waals surface area contributed by atoms with Crippen LogP contribution in [0.4, 0.5) is 5.69 Å². The van der Waals surface area contributed by atoms with E-state index in [4.69, 9.17) is 20.9 Å². The summed E-state index contributed by atoms with van der Waals surface area (Å²) in [7, 11) is -6.16. The number of nitrogens with zero attached hydrogens (tertiary/aromatic N) is 3. The normalized spacial score (nSPS) is 15.0. The monoisotopic (exact) mass is 659 g/mol. The zero-order valence-corrected chi connectivity index (χ0v) is 24.5. The Labute approximate surface area is 228 Å². The highest BCUT2D eigenvalue weighted by Crippen LogP contribution is 2.43. The SMILES string of the molecule is CC(=O)NS(=O)(=O)CC[n+]1c(C=C2Oc3c(cc(Br)n3C)N2CCCS(=O)(=O)O)sc2cc(Cl)sc21. The molecule has 0 atom stereocenters. The van der Waals surface area contributed by atoms with E-state index in [0.717, 1.165) is 21.1 Å². The number of carbonyl (C=O) groups is 1. The van der Waals surface area contributed by atoms with Gasteiger partial charge in [-0.3, -0.25) is 14.1 Å². The first-order valence-corrected chi connectivity index (χ1v) is 16.4. The third-order valence-corrected chi connectivity index (χ3v) is 10.5. The molecule has 36 heavy (non-hydrogen) atoms. The molecular weight excluding hydrogens is 640 g/mol. The second kappa shape index (κ2) is 10.2. The highest BCUT2D eigenvalue weighted by Gasteiger charge is 2.33. The molecule has 11 nitrogen and oxygen atoms in total. The highest BCUT2D eigenvalue weighted by atomic mass is 79.9. The molecule has 4 rings (SSSR count). The first-order valence-electron chi connectivity index (χ1n) is 10.3. The van der Waals surface area contributed by atoms with Crippen LogP contribution in [0.3, 0.4) is 0 Å². The van der Waals surface area contributed by atoms with Crippen LogP contribution in [-0.2, 0) is 38.5 Å². The van der Waals surface area contributed by atoms with Crippen molar-refractivity contribution in [1.29, 1.82) is 0 Å². The zero-order chi connectivity index (χ0) is 26.4. The first kappa shape index (κ1) is 27.3. The Morgan fingerprint density at radius 2 is 2.00 bits per heavy atom. The number of hydrogen-bond donors (Lipinski definition) is 2. The molecule has 4 heterocycles. The third-order valence-electron chi connectivity index (χ3n) is 5.15. The molecule has 0 unspecified atom stereocenters. The Bertz CT molecular complexity index is 1590. The van der Waals surface area contributed by atoms with Crippen molar-refractivity contribution >= 4 is 97.5 Å². The quantitative estimate of drug-likeness (QED) is 0.264. The lowest BCUT2D eigenvalue weighted by Crippen LogP contribution is -2.41. The maximum Gasteiger partial charge on any atom is 0.281 e. The molecule has 2 N–H and O–H groups in total. The van der Waals surface area contributed by atoms with Crippen LogP contribution in [0.1, 0.15) is 18.4 Å². The number of anilines is 1. The van der Waals surface area contributed by atoms with Gasteiger partial charge in [-0.25, -0.2) is 8.42 Å². The standard InChI is InChI=1S/C19H20BrClN4O7S4/c1-11(26)22-35(27,28)7-5-25-17(33-13-9-15(21)34-19(13)25)10-16-24(4-3-6-36(29,30)31)12-8-14(20)23(2)18(12)32-16/h8-10H,3-7H2,1-2H3,(H-,22,26,29,30,31)/p+1. The second-order valence-corrected chi connectivity index (χ2v) is 14.8. The largest absolute Gasteiger partial charge is 0.422 e. The molecule has 0 spiro atoms. The summed E-state index contributed by atoms with van der Waals surface area (Å²) in [4.78, 5) is 13.8. The summed E-state index contributed by atoms with van der Waals surface area (Å²) in [5, 5.41) is 0.674. The summed E-state index contributed by atoms with van der Waals surface area (Å²) in [5.74, 6) is -0.450. The summed E-state index contributed by atoms with van der Waals surface area (Å²) < 4.78 is 70.0. The zero-order valence-electron chi connectivity index (χ0n) is 18.9. The van der Waals surface area contributed by atoms with Crippen LogP contribution >= 0.6 is 50.2 Å². The fourth-order valence-electron chi connectivity index (χ4n) is 3.64. The number of rotatable bonds is 9. The van der Waals surface area contributed by atoms with Gasteiger partial charge in [0.05, 0.1) is 16.4 Å². The van der Waals surface area contributed by atoms with E-state index in [-0.39, 0.29) is 25.3 Å². The van der Waals surface area contributed by atoms with Gasteiger partial charge in [0.1, 0.15) is 20.5 Å². The Kier molecular flexibility index (Phi) is 7.77. The second-order valence-electron chi connectivity index (χ2n) is 7.88. The highest BCUT2D eigenvalue weighted by molar-refractivity contribution is 9.10. The molecular formula is C19H21BrClN4O7S4+. The van der Waals surface area contributed by atoms with Gasteiger partial charge in [-0.15, -0.1) is 0 Å². The van der Waals surface area contributed by atoms with Gasteiger partial charge >= 0.3 is 0 Å². The average Bonchev–Trinajstić information content (AvgIpc) is 3.41. The minimum atomic E-state index is -4.12. The number of halogens is 2. The number of aromatic nitrogens is 2. The molecule has 0 saturated heterocycles. The number of fused-ring (bicyclic) bond motifs is 2. The van der Waals surface area contributed by atoms with Crippen LogP contribution in [0.15, 0.2) is 22.6 Å². The van der Waals surface area contributed by atoms with Gasteiger partial charge in [-0.05, 0) is 34.5 Å². The summed E-state index contributed by atoms with van der Waals surface area (Å²) in [6, 6.07) is 3.63. The number of carbonyl (C=O) groups excluding carboxylic acids is 1. The number of nitrogens with one attached hydrogen (secondary N) is 1. The molecule has 1 aliphatic rings.